The largest absolute Gasteiger partial charge is 0.493 e. The fraction of sp³-hybridized carbons (Fsp3) is 0.391. The minimum absolute atomic E-state index is 0.0557. The van der Waals surface area contributed by atoms with Crippen LogP contribution in [0.4, 0.5) is 5.69 Å². The van der Waals surface area contributed by atoms with Gasteiger partial charge in [0.05, 0.1) is 21.3 Å². The van der Waals surface area contributed by atoms with Crippen molar-refractivity contribution >= 4 is 29.1 Å². The van der Waals surface area contributed by atoms with Gasteiger partial charge < -0.3 is 24.4 Å². The second-order valence-corrected chi connectivity index (χ2v) is 7.84. The van der Waals surface area contributed by atoms with Gasteiger partial charge in [-0.1, -0.05) is 17.7 Å². The standard InChI is InChI=1S/C23H27ClN2O5/c1-14-5-6-17(13-18(14)24)25-22(27)15-7-9-26(10-8-15)23(28)16-11-19(29-2)21(31-4)20(12-16)30-3/h5-6,11-13,15H,7-10H2,1-4H3,(H,25,27). The predicted octanol–water partition coefficient (Wildman–Crippen LogP) is 4.17. The van der Waals surface area contributed by atoms with Crippen LogP contribution in [0.1, 0.15) is 28.8 Å². The van der Waals surface area contributed by atoms with E-state index in [1.54, 1.807) is 23.1 Å². The molecule has 166 valence electrons. The van der Waals surface area contributed by atoms with Gasteiger partial charge in [0.1, 0.15) is 0 Å². The number of aryl methyl sites for hydroxylation is 1. The molecule has 0 spiro atoms. The number of ether oxygens (including phenoxy) is 3. The lowest BCUT2D eigenvalue weighted by Gasteiger charge is -2.31. The van der Waals surface area contributed by atoms with Crippen LogP contribution in [0.3, 0.4) is 0 Å². The number of hydrogen-bond acceptors (Lipinski definition) is 5. The number of benzene rings is 2. The van der Waals surface area contributed by atoms with Gasteiger partial charge in [-0.3, -0.25) is 9.59 Å². The van der Waals surface area contributed by atoms with Gasteiger partial charge in [0.15, 0.2) is 11.5 Å². The van der Waals surface area contributed by atoms with Gasteiger partial charge in [-0.25, -0.2) is 0 Å². The first-order valence-corrected chi connectivity index (χ1v) is 10.4. The van der Waals surface area contributed by atoms with Crippen molar-refractivity contribution in [3.05, 3.63) is 46.5 Å². The van der Waals surface area contributed by atoms with Gasteiger partial charge in [0, 0.05) is 35.3 Å². The van der Waals surface area contributed by atoms with E-state index in [1.807, 2.05) is 19.1 Å². The Hall–Kier alpha value is -2.93. The van der Waals surface area contributed by atoms with Gasteiger partial charge in [-0.05, 0) is 49.6 Å². The molecule has 8 heteroatoms. The molecular formula is C23H27ClN2O5. The normalized spacial score (nSPS) is 14.2. The topological polar surface area (TPSA) is 77.1 Å². The molecule has 0 aromatic heterocycles. The Labute approximate surface area is 187 Å². The van der Waals surface area contributed by atoms with E-state index in [2.05, 4.69) is 5.32 Å². The van der Waals surface area contributed by atoms with Crippen molar-refractivity contribution in [2.24, 2.45) is 5.92 Å². The third-order valence-electron chi connectivity index (χ3n) is 5.50. The van der Waals surface area contributed by atoms with Crippen LogP contribution in [0.5, 0.6) is 17.2 Å². The Kier molecular flexibility index (Phi) is 7.28. The monoisotopic (exact) mass is 446 g/mol. The van der Waals surface area contributed by atoms with Gasteiger partial charge in [-0.2, -0.15) is 0 Å². The van der Waals surface area contributed by atoms with E-state index in [4.69, 9.17) is 25.8 Å². The zero-order valence-corrected chi connectivity index (χ0v) is 18.9. The van der Waals surface area contributed by atoms with Crippen LogP contribution < -0.4 is 19.5 Å². The van der Waals surface area contributed by atoms with Crippen molar-refractivity contribution in [1.82, 2.24) is 4.90 Å². The number of carbonyl (C=O) groups excluding carboxylic acids is 2. The highest BCUT2D eigenvalue weighted by atomic mass is 35.5. The highest BCUT2D eigenvalue weighted by molar-refractivity contribution is 6.31. The summed E-state index contributed by atoms with van der Waals surface area (Å²) in [6.45, 7) is 2.89. The first-order chi connectivity index (χ1) is 14.9. The molecule has 0 atom stereocenters. The van der Waals surface area contributed by atoms with Crippen LogP contribution in [0.25, 0.3) is 0 Å². The van der Waals surface area contributed by atoms with E-state index < -0.39 is 0 Å². The SMILES string of the molecule is COc1cc(C(=O)N2CCC(C(=O)Nc3ccc(C)c(Cl)c3)CC2)cc(OC)c1OC. The molecule has 0 aliphatic carbocycles. The van der Waals surface area contributed by atoms with Crippen molar-refractivity contribution in [2.75, 3.05) is 39.7 Å². The molecular weight excluding hydrogens is 420 g/mol. The van der Waals surface area contributed by atoms with Crippen molar-refractivity contribution in [1.29, 1.82) is 0 Å². The van der Waals surface area contributed by atoms with Crippen LogP contribution in [0.15, 0.2) is 30.3 Å². The number of nitrogens with zero attached hydrogens (tertiary/aromatic N) is 1. The third-order valence-corrected chi connectivity index (χ3v) is 5.91. The summed E-state index contributed by atoms with van der Waals surface area (Å²) >= 11 is 6.14. The van der Waals surface area contributed by atoms with Gasteiger partial charge >= 0.3 is 0 Å². The Balaban J connectivity index is 1.64. The van der Waals surface area contributed by atoms with Crippen LogP contribution in [0, 0.1) is 12.8 Å². The molecule has 0 saturated carbocycles. The second-order valence-electron chi connectivity index (χ2n) is 7.43. The first-order valence-electron chi connectivity index (χ1n) is 10.0. The molecule has 1 N–H and O–H groups in total. The summed E-state index contributed by atoms with van der Waals surface area (Å²) in [5, 5.41) is 3.54. The minimum atomic E-state index is -0.163. The minimum Gasteiger partial charge on any atom is -0.493 e. The van der Waals surface area contributed by atoms with Crippen LogP contribution in [-0.2, 0) is 4.79 Å². The fourth-order valence-electron chi connectivity index (χ4n) is 3.65. The van der Waals surface area contributed by atoms with Gasteiger partial charge in [-0.15, -0.1) is 0 Å². The molecule has 0 unspecified atom stereocenters. The quantitative estimate of drug-likeness (QED) is 0.720. The molecule has 2 amide bonds. The average Bonchev–Trinajstić information content (AvgIpc) is 2.79. The summed E-state index contributed by atoms with van der Waals surface area (Å²) in [6.07, 6.45) is 1.17. The molecule has 1 fully saturated rings. The zero-order valence-electron chi connectivity index (χ0n) is 18.2. The number of carbonyl (C=O) groups is 2. The molecule has 1 heterocycles. The Bertz CT molecular complexity index is 945. The Morgan fingerprint density at radius 1 is 1.00 bits per heavy atom. The maximum atomic E-state index is 13.0. The molecule has 2 aromatic carbocycles. The highest BCUT2D eigenvalue weighted by Crippen LogP contribution is 2.38. The van der Waals surface area contributed by atoms with Gasteiger partial charge in [0.25, 0.3) is 5.91 Å². The van der Waals surface area contributed by atoms with Crippen LogP contribution in [0.2, 0.25) is 5.02 Å². The zero-order chi connectivity index (χ0) is 22.5. The lowest BCUT2D eigenvalue weighted by molar-refractivity contribution is -0.121. The number of methoxy groups -OCH3 is 3. The summed E-state index contributed by atoms with van der Waals surface area (Å²) in [5.41, 5.74) is 2.08. The number of likely N-dealkylation sites (tertiary alicyclic amines) is 1. The highest BCUT2D eigenvalue weighted by Gasteiger charge is 2.29. The summed E-state index contributed by atoms with van der Waals surface area (Å²) in [7, 11) is 4.54. The third kappa shape index (κ3) is 5.05. The lowest BCUT2D eigenvalue weighted by Crippen LogP contribution is -2.41. The maximum absolute atomic E-state index is 13.0. The van der Waals surface area contributed by atoms with E-state index in [9.17, 15) is 9.59 Å². The van der Waals surface area contributed by atoms with E-state index >= 15 is 0 Å². The summed E-state index contributed by atoms with van der Waals surface area (Å²) in [6, 6.07) is 8.74. The summed E-state index contributed by atoms with van der Waals surface area (Å²) < 4.78 is 16.0. The fourth-order valence-corrected chi connectivity index (χ4v) is 3.83. The number of rotatable bonds is 6. The summed E-state index contributed by atoms with van der Waals surface area (Å²) in [5.74, 6) is 0.938. The first kappa shape index (κ1) is 22.7. The number of hydrogen-bond donors (Lipinski definition) is 1. The van der Waals surface area contributed by atoms with Crippen LogP contribution in [-0.4, -0.2) is 51.1 Å². The van der Waals surface area contributed by atoms with E-state index in [0.717, 1.165) is 5.56 Å². The number of nitrogens with one attached hydrogen (secondary N) is 1. The smallest absolute Gasteiger partial charge is 0.254 e. The molecule has 3 rings (SSSR count). The van der Waals surface area contributed by atoms with E-state index in [-0.39, 0.29) is 17.7 Å². The summed E-state index contributed by atoms with van der Waals surface area (Å²) in [4.78, 5) is 27.4. The Morgan fingerprint density at radius 3 is 2.13 bits per heavy atom. The van der Waals surface area contributed by atoms with Crippen molar-refractivity contribution in [3.63, 3.8) is 0 Å². The van der Waals surface area contributed by atoms with Gasteiger partial charge in [0.2, 0.25) is 11.7 Å². The molecule has 1 aliphatic heterocycles. The van der Waals surface area contributed by atoms with E-state index in [0.29, 0.717) is 59.5 Å². The lowest BCUT2D eigenvalue weighted by atomic mass is 9.95. The molecule has 31 heavy (non-hydrogen) atoms. The predicted molar refractivity (Wildman–Crippen MR) is 120 cm³/mol. The molecule has 2 aromatic rings. The molecule has 0 radical (unpaired) electrons. The second kappa shape index (κ2) is 9.92. The van der Waals surface area contributed by atoms with E-state index in [1.165, 1.54) is 21.3 Å². The number of anilines is 1. The number of amides is 2. The molecule has 1 saturated heterocycles. The molecule has 0 bridgehead atoms. The van der Waals surface area contributed by atoms with Crippen molar-refractivity contribution in [3.8, 4) is 17.2 Å². The van der Waals surface area contributed by atoms with Crippen molar-refractivity contribution < 1.29 is 23.8 Å². The van der Waals surface area contributed by atoms with Crippen molar-refractivity contribution in [2.45, 2.75) is 19.8 Å². The van der Waals surface area contributed by atoms with Crippen LogP contribution >= 0.6 is 11.6 Å². The average molecular weight is 447 g/mol. The maximum Gasteiger partial charge on any atom is 0.254 e. The number of piperidine rings is 1. The number of halogens is 1. The molecule has 7 nitrogen and oxygen atoms in total. The molecule has 1 aliphatic rings. The Morgan fingerprint density at radius 2 is 1.61 bits per heavy atom.